The van der Waals surface area contributed by atoms with E-state index in [4.69, 9.17) is 0 Å². The predicted molar refractivity (Wildman–Crippen MR) is 115 cm³/mol. The van der Waals surface area contributed by atoms with Crippen LogP contribution in [0, 0.1) is 0 Å². The molecule has 5 nitrogen and oxygen atoms in total. The Labute approximate surface area is 172 Å². The van der Waals surface area contributed by atoms with E-state index in [1.54, 1.807) is 12.4 Å². The molecule has 0 saturated heterocycles. The molecule has 3 rings (SSSR count). The Morgan fingerprint density at radius 1 is 0.793 bits per heavy atom. The average molecular weight is 390 g/mol. The van der Waals surface area contributed by atoms with Crippen LogP contribution in [0.2, 0.25) is 0 Å². The molecule has 5 heteroatoms. The van der Waals surface area contributed by atoms with Crippen LogP contribution in [0.4, 0.5) is 5.69 Å². The van der Waals surface area contributed by atoms with E-state index in [2.05, 4.69) is 44.4 Å². The SMILES string of the molecule is O=C(CCCCCCCC[n+]1ccc(-c2ccncc2)cc1)Nc1cccnc1. The van der Waals surface area contributed by atoms with Crippen molar-refractivity contribution in [3.8, 4) is 11.1 Å². The van der Waals surface area contributed by atoms with E-state index < -0.39 is 0 Å². The van der Waals surface area contributed by atoms with Gasteiger partial charge < -0.3 is 5.32 Å². The molecule has 0 fully saturated rings. The van der Waals surface area contributed by atoms with Crippen LogP contribution in [0.25, 0.3) is 11.1 Å². The van der Waals surface area contributed by atoms with Crippen LogP contribution in [0.1, 0.15) is 44.9 Å². The summed E-state index contributed by atoms with van der Waals surface area (Å²) in [5.74, 6) is 0.0737. The Hall–Kier alpha value is -3.08. The van der Waals surface area contributed by atoms with Crippen molar-refractivity contribution >= 4 is 11.6 Å². The van der Waals surface area contributed by atoms with Crippen LogP contribution in [-0.2, 0) is 11.3 Å². The van der Waals surface area contributed by atoms with Crippen LogP contribution >= 0.6 is 0 Å². The lowest BCUT2D eigenvalue weighted by molar-refractivity contribution is -0.697. The smallest absolute Gasteiger partial charge is 0.224 e. The second-order valence-electron chi connectivity index (χ2n) is 7.22. The third-order valence-electron chi connectivity index (χ3n) is 4.92. The molecule has 0 bridgehead atoms. The lowest BCUT2D eigenvalue weighted by Crippen LogP contribution is -2.32. The minimum atomic E-state index is 0.0737. The first-order chi connectivity index (χ1) is 14.3. The minimum Gasteiger partial charge on any atom is -0.325 e. The second-order valence-corrected chi connectivity index (χ2v) is 7.22. The van der Waals surface area contributed by atoms with Gasteiger partial charge >= 0.3 is 0 Å². The van der Waals surface area contributed by atoms with E-state index in [1.807, 2.05) is 36.7 Å². The molecule has 1 N–H and O–H groups in total. The number of nitrogens with zero attached hydrogens (tertiary/aromatic N) is 3. The van der Waals surface area contributed by atoms with Gasteiger partial charge in [0.25, 0.3) is 0 Å². The van der Waals surface area contributed by atoms with E-state index in [-0.39, 0.29) is 5.91 Å². The van der Waals surface area contributed by atoms with Crippen molar-refractivity contribution in [1.29, 1.82) is 0 Å². The zero-order chi connectivity index (χ0) is 20.2. The molecule has 0 aliphatic carbocycles. The van der Waals surface area contributed by atoms with Gasteiger partial charge in [-0.15, -0.1) is 0 Å². The van der Waals surface area contributed by atoms with Gasteiger partial charge in [0, 0.05) is 43.6 Å². The standard InChI is InChI=1S/C24H28N4O/c29-24(27-23-8-7-14-26-20-23)9-5-3-1-2-4-6-17-28-18-12-22(13-19-28)21-10-15-25-16-11-21/h7-8,10-16,18-20H,1-6,9,17H2/p+1. The molecule has 150 valence electrons. The van der Waals surface area contributed by atoms with Gasteiger partial charge in [0.1, 0.15) is 6.54 Å². The van der Waals surface area contributed by atoms with Gasteiger partial charge in [-0.1, -0.05) is 19.3 Å². The number of aromatic nitrogens is 3. The van der Waals surface area contributed by atoms with Gasteiger partial charge in [-0.2, -0.15) is 0 Å². The summed E-state index contributed by atoms with van der Waals surface area (Å²) in [5, 5.41) is 2.88. The van der Waals surface area contributed by atoms with Crippen molar-refractivity contribution < 1.29 is 9.36 Å². The Morgan fingerprint density at radius 3 is 2.21 bits per heavy atom. The number of aryl methyl sites for hydroxylation is 1. The van der Waals surface area contributed by atoms with Crippen molar-refractivity contribution in [2.75, 3.05) is 5.32 Å². The molecule has 0 aromatic carbocycles. The maximum absolute atomic E-state index is 11.9. The van der Waals surface area contributed by atoms with Crippen molar-refractivity contribution in [3.05, 3.63) is 73.6 Å². The number of carbonyl (C=O) groups excluding carboxylic acids is 1. The zero-order valence-corrected chi connectivity index (χ0v) is 16.8. The summed E-state index contributed by atoms with van der Waals surface area (Å²) in [6.45, 7) is 1.05. The van der Waals surface area contributed by atoms with Crippen LogP contribution in [0.3, 0.4) is 0 Å². The van der Waals surface area contributed by atoms with Gasteiger partial charge in [-0.05, 0) is 48.2 Å². The highest BCUT2D eigenvalue weighted by atomic mass is 16.1. The number of rotatable bonds is 11. The number of carbonyl (C=O) groups is 1. The fourth-order valence-corrected chi connectivity index (χ4v) is 3.29. The lowest BCUT2D eigenvalue weighted by Gasteiger charge is -2.04. The summed E-state index contributed by atoms with van der Waals surface area (Å²) >= 11 is 0. The fraction of sp³-hybridized carbons (Fsp3) is 0.333. The van der Waals surface area contributed by atoms with Gasteiger partial charge in [0.05, 0.1) is 11.9 Å². The van der Waals surface area contributed by atoms with Crippen molar-refractivity contribution in [1.82, 2.24) is 9.97 Å². The van der Waals surface area contributed by atoms with E-state index in [0.29, 0.717) is 6.42 Å². The number of unbranched alkanes of at least 4 members (excludes halogenated alkanes) is 5. The Balaban J connectivity index is 1.23. The van der Waals surface area contributed by atoms with E-state index in [0.717, 1.165) is 25.1 Å². The summed E-state index contributed by atoms with van der Waals surface area (Å²) in [5.41, 5.74) is 3.18. The first kappa shape index (κ1) is 20.6. The third-order valence-corrected chi connectivity index (χ3v) is 4.92. The first-order valence-electron chi connectivity index (χ1n) is 10.4. The lowest BCUT2D eigenvalue weighted by atomic mass is 10.1. The summed E-state index contributed by atoms with van der Waals surface area (Å²) in [7, 11) is 0. The van der Waals surface area contributed by atoms with E-state index in [1.165, 1.54) is 36.8 Å². The number of pyridine rings is 3. The first-order valence-corrected chi connectivity index (χ1v) is 10.4. The summed E-state index contributed by atoms with van der Waals surface area (Å²) in [6, 6.07) is 12.1. The molecular weight excluding hydrogens is 360 g/mol. The van der Waals surface area contributed by atoms with Crippen LogP contribution in [0.5, 0.6) is 0 Å². The van der Waals surface area contributed by atoms with Crippen molar-refractivity contribution in [2.24, 2.45) is 0 Å². The molecule has 3 aromatic heterocycles. The predicted octanol–water partition coefficient (Wildman–Crippen LogP) is 4.80. The van der Waals surface area contributed by atoms with Crippen molar-refractivity contribution in [2.45, 2.75) is 51.5 Å². The van der Waals surface area contributed by atoms with Gasteiger partial charge in [-0.25, -0.2) is 4.57 Å². The minimum absolute atomic E-state index is 0.0737. The monoisotopic (exact) mass is 389 g/mol. The Kier molecular flexibility index (Phi) is 8.33. The second kappa shape index (κ2) is 11.7. The highest BCUT2D eigenvalue weighted by molar-refractivity contribution is 5.90. The number of hydrogen-bond acceptors (Lipinski definition) is 3. The molecule has 0 aliphatic heterocycles. The van der Waals surface area contributed by atoms with E-state index in [9.17, 15) is 4.79 Å². The largest absolute Gasteiger partial charge is 0.325 e. The maximum atomic E-state index is 11.9. The number of amides is 1. The number of anilines is 1. The number of nitrogens with one attached hydrogen (secondary N) is 1. The van der Waals surface area contributed by atoms with Gasteiger partial charge in [0.2, 0.25) is 5.91 Å². The Morgan fingerprint density at radius 2 is 1.48 bits per heavy atom. The molecule has 29 heavy (non-hydrogen) atoms. The summed E-state index contributed by atoms with van der Waals surface area (Å²) in [4.78, 5) is 19.9. The molecule has 0 saturated carbocycles. The molecule has 3 aromatic rings. The maximum Gasteiger partial charge on any atom is 0.224 e. The molecule has 0 unspecified atom stereocenters. The summed E-state index contributed by atoms with van der Waals surface area (Å²) < 4.78 is 2.24. The van der Waals surface area contributed by atoms with Crippen LogP contribution < -0.4 is 9.88 Å². The quantitative estimate of drug-likeness (QED) is 0.378. The fourth-order valence-electron chi connectivity index (χ4n) is 3.29. The molecule has 3 heterocycles. The van der Waals surface area contributed by atoms with Crippen molar-refractivity contribution in [3.63, 3.8) is 0 Å². The molecule has 1 amide bonds. The highest BCUT2D eigenvalue weighted by Gasteiger charge is 2.04. The molecular formula is C24H29N4O+. The topological polar surface area (TPSA) is 58.8 Å². The number of hydrogen-bond donors (Lipinski definition) is 1. The Bertz CT molecular complexity index is 851. The molecule has 0 atom stereocenters. The van der Waals surface area contributed by atoms with Gasteiger partial charge in [-0.3, -0.25) is 14.8 Å². The van der Waals surface area contributed by atoms with Crippen LogP contribution in [0.15, 0.2) is 73.6 Å². The zero-order valence-electron chi connectivity index (χ0n) is 16.8. The summed E-state index contributed by atoms with van der Waals surface area (Å²) in [6.07, 6.45) is 18.8. The highest BCUT2D eigenvalue weighted by Crippen LogP contribution is 2.16. The average Bonchev–Trinajstić information content (AvgIpc) is 2.77. The van der Waals surface area contributed by atoms with Gasteiger partial charge in [0.15, 0.2) is 12.4 Å². The molecule has 0 spiro atoms. The third kappa shape index (κ3) is 7.45. The van der Waals surface area contributed by atoms with E-state index >= 15 is 0 Å². The van der Waals surface area contributed by atoms with Crippen LogP contribution in [-0.4, -0.2) is 15.9 Å². The molecule has 0 radical (unpaired) electrons. The normalized spacial score (nSPS) is 10.6. The molecule has 0 aliphatic rings.